The van der Waals surface area contributed by atoms with Gasteiger partial charge in [-0.25, -0.2) is 4.74 Å². The zero-order chi connectivity index (χ0) is 3.58. The van der Waals surface area contributed by atoms with E-state index >= 15 is 0 Å². The molecule has 0 rings (SSSR count). The van der Waals surface area contributed by atoms with Crippen molar-refractivity contribution in [1.29, 1.82) is 0 Å². The molecule has 0 heterocycles. The molecule has 0 saturated heterocycles. The Balaban J connectivity index is 0. The lowest BCUT2D eigenvalue weighted by Gasteiger charge is -1.82. The third-order valence-electron chi connectivity index (χ3n) is 0. The predicted octanol–water partition coefficient (Wildman–Crippen LogP) is 0.463. The lowest BCUT2D eigenvalue weighted by Crippen LogP contribution is -1.82. The fourth-order valence-electron chi connectivity index (χ4n) is 0. The SMILES string of the molecule is C.C=[N+](C)[O-]. The topological polar surface area (TPSA) is 26.1 Å². The van der Waals surface area contributed by atoms with Crippen molar-refractivity contribution in [3.05, 3.63) is 5.21 Å². The fraction of sp³-hybridized carbons (Fsp3) is 0.667. The smallest absolute Gasteiger partial charge is 0.142 e. The molecular weight excluding hydrogens is 66.0 g/mol. The molecule has 0 amide bonds. The molecule has 0 aliphatic rings. The molecule has 5 heavy (non-hydrogen) atoms. The van der Waals surface area contributed by atoms with Gasteiger partial charge < -0.3 is 5.21 Å². The Hall–Kier alpha value is -0.530. The second-order valence-electron chi connectivity index (χ2n) is 0.628. The minimum atomic E-state index is 0. The van der Waals surface area contributed by atoms with E-state index in [0.717, 1.165) is 0 Å². The van der Waals surface area contributed by atoms with Crippen molar-refractivity contribution in [2.75, 3.05) is 7.05 Å². The summed E-state index contributed by atoms with van der Waals surface area (Å²) in [6, 6.07) is 0. The lowest BCUT2D eigenvalue weighted by atomic mass is 11.4. The molecule has 32 valence electrons. The van der Waals surface area contributed by atoms with Crippen molar-refractivity contribution in [2.24, 2.45) is 0 Å². The number of rotatable bonds is 0. The van der Waals surface area contributed by atoms with E-state index in [1.54, 1.807) is 0 Å². The Labute approximate surface area is 32.3 Å². The maximum atomic E-state index is 9.25. The van der Waals surface area contributed by atoms with E-state index in [9.17, 15) is 5.21 Å². The van der Waals surface area contributed by atoms with Gasteiger partial charge in [-0.2, -0.15) is 0 Å². The summed E-state index contributed by atoms with van der Waals surface area (Å²) in [6.07, 6.45) is 0. The van der Waals surface area contributed by atoms with Crippen molar-refractivity contribution in [3.8, 4) is 0 Å². The number of nitrogens with zero attached hydrogens (tertiary/aromatic N) is 1. The lowest BCUT2D eigenvalue weighted by molar-refractivity contribution is -0.412. The van der Waals surface area contributed by atoms with Crippen LogP contribution in [0.2, 0.25) is 0 Å². The second kappa shape index (κ2) is 3.47. The van der Waals surface area contributed by atoms with Crippen LogP contribution in [-0.2, 0) is 0 Å². The van der Waals surface area contributed by atoms with Gasteiger partial charge in [-0.05, 0) is 0 Å². The van der Waals surface area contributed by atoms with Crippen LogP contribution in [0.15, 0.2) is 0 Å². The maximum absolute atomic E-state index is 9.25. The molecule has 0 N–H and O–H groups in total. The molecule has 0 aliphatic heterocycles. The van der Waals surface area contributed by atoms with Gasteiger partial charge in [0.15, 0.2) is 0 Å². The highest BCUT2D eigenvalue weighted by molar-refractivity contribution is 5.14. The molecular formula is C3H9NO. The Kier molecular flexibility index (Phi) is 6.12. The normalized spacial score (nSPS) is 5.00. The van der Waals surface area contributed by atoms with Crippen LogP contribution in [0.25, 0.3) is 0 Å². The zero-order valence-corrected chi connectivity index (χ0v) is 2.56. The van der Waals surface area contributed by atoms with Crippen molar-refractivity contribution >= 4 is 6.72 Å². The first kappa shape index (κ1) is 8.82. The highest BCUT2D eigenvalue weighted by atomic mass is 16.5. The molecule has 0 aromatic carbocycles. The predicted molar refractivity (Wildman–Crippen MR) is 23.4 cm³/mol. The monoisotopic (exact) mass is 75.1 g/mol. The van der Waals surface area contributed by atoms with Gasteiger partial charge in [0.05, 0.1) is 0 Å². The third-order valence-corrected chi connectivity index (χ3v) is 0. The minimum Gasteiger partial charge on any atom is -0.624 e. The average Bonchev–Trinajstić information content (AvgIpc) is 0.811. The minimum absolute atomic E-state index is 0. The summed E-state index contributed by atoms with van der Waals surface area (Å²) in [5.41, 5.74) is 0. The molecule has 0 fully saturated rings. The second-order valence-corrected chi connectivity index (χ2v) is 0.628. The van der Waals surface area contributed by atoms with Crippen LogP contribution in [0, 0.1) is 5.21 Å². The Morgan fingerprint density at radius 1 is 1.80 bits per heavy atom. The van der Waals surface area contributed by atoms with Crippen LogP contribution in [0.5, 0.6) is 0 Å². The fourth-order valence-corrected chi connectivity index (χ4v) is 0. The highest BCUT2D eigenvalue weighted by Crippen LogP contribution is 1.36. The summed E-state index contributed by atoms with van der Waals surface area (Å²) in [6.45, 7) is 2.92. The standard InChI is InChI=1S/C2H5NO.CH4/c1-3(2)4;/h1H2,2H3;1H4. The zero-order valence-electron chi connectivity index (χ0n) is 2.56. The Morgan fingerprint density at radius 2 is 1.80 bits per heavy atom. The molecule has 0 spiro atoms. The number of hydrogen-bond donors (Lipinski definition) is 0. The molecule has 0 aromatic heterocycles. The first-order chi connectivity index (χ1) is 1.73. The van der Waals surface area contributed by atoms with E-state index in [1.807, 2.05) is 0 Å². The number of hydroxylamine groups is 1. The van der Waals surface area contributed by atoms with Crippen molar-refractivity contribution in [3.63, 3.8) is 0 Å². The molecule has 0 saturated carbocycles. The molecule has 0 aliphatic carbocycles. The quantitative estimate of drug-likeness (QED) is 0.178. The largest absolute Gasteiger partial charge is 0.624 e. The van der Waals surface area contributed by atoms with Gasteiger partial charge in [0, 0.05) is 0 Å². The molecule has 2 heteroatoms. The molecule has 0 unspecified atom stereocenters. The van der Waals surface area contributed by atoms with Gasteiger partial charge in [-0.15, -0.1) is 0 Å². The van der Waals surface area contributed by atoms with Gasteiger partial charge in [0.2, 0.25) is 0 Å². The Morgan fingerprint density at radius 3 is 1.80 bits per heavy atom. The molecule has 0 atom stereocenters. The summed E-state index contributed by atoms with van der Waals surface area (Å²) in [4.78, 5) is 0. The van der Waals surface area contributed by atoms with Crippen LogP contribution in [0.3, 0.4) is 0 Å². The van der Waals surface area contributed by atoms with E-state index in [-0.39, 0.29) is 7.43 Å². The van der Waals surface area contributed by atoms with Crippen molar-refractivity contribution in [1.82, 2.24) is 0 Å². The summed E-state index contributed by atoms with van der Waals surface area (Å²) < 4.78 is 0.500. The van der Waals surface area contributed by atoms with Crippen LogP contribution >= 0.6 is 0 Å². The van der Waals surface area contributed by atoms with Gasteiger partial charge in [-0.3, -0.25) is 0 Å². The van der Waals surface area contributed by atoms with E-state index in [4.69, 9.17) is 0 Å². The van der Waals surface area contributed by atoms with Crippen LogP contribution in [0.4, 0.5) is 0 Å². The third kappa shape index (κ3) is 26.7. The summed E-state index contributed by atoms with van der Waals surface area (Å²) in [7, 11) is 1.33. The maximum Gasteiger partial charge on any atom is 0.142 e. The first-order valence-corrected chi connectivity index (χ1v) is 0.946. The van der Waals surface area contributed by atoms with Crippen molar-refractivity contribution < 1.29 is 4.74 Å². The van der Waals surface area contributed by atoms with Crippen molar-refractivity contribution in [2.45, 2.75) is 7.43 Å². The van der Waals surface area contributed by atoms with E-state index in [1.165, 1.54) is 7.05 Å². The summed E-state index contributed by atoms with van der Waals surface area (Å²) >= 11 is 0. The van der Waals surface area contributed by atoms with Gasteiger partial charge >= 0.3 is 0 Å². The first-order valence-electron chi connectivity index (χ1n) is 0.946. The van der Waals surface area contributed by atoms with Gasteiger partial charge in [-0.1, -0.05) is 7.43 Å². The highest BCUT2D eigenvalue weighted by Gasteiger charge is 1.43. The van der Waals surface area contributed by atoms with E-state index in [0.29, 0.717) is 4.74 Å². The summed E-state index contributed by atoms with van der Waals surface area (Å²) in [5.74, 6) is 0. The van der Waals surface area contributed by atoms with Crippen LogP contribution in [0.1, 0.15) is 7.43 Å². The van der Waals surface area contributed by atoms with Crippen LogP contribution < -0.4 is 0 Å². The molecule has 2 nitrogen and oxygen atoms in total. The van der Waals surface area contributed by atoms with Gasteiger partial charge in [0.25, 0.3) is 0 Å². The van der Waals surface area contributed by atoms with Crippen LogP contribution in [-0.4, -0.2) is 18.5 Å². The number of hydrogen-bond acceptors (Lipinski definition) is 1. The molecule has 0 bridgehead atoms. The molecule has 0 radical (unpaired) electrons. The summed E-state index contributed by atoms with van der Waals surface area (Å²) in [5, 5.41) is 9.25. The average molecular weight is 75.1 g/mol. The van der Waals surface area contributed by atoms with E-state index in [2.05, 4.69) is 6.72 Å². The Bertz CT molecular complexity index is 29.9. The van der Waals surface area contributed by atoms with Gasteiger partial charge in [0.1, 0.15) is 13.8 Å². The molecule has 0 aromatic rings. The van der Waals surface area contributed by atoms with E-state index < -0.39 is 0 Å².